The largest absolute Gasteiger partial charge is 0.312 e. The number of nitrogens with zero attached hydrogens (tertiary/aromatic N) is 2. The van der Waals surface area contributed by atoms with Crippen molar-refractivity contribution in [2.45, 2.75) is 32.7 Å². The van der Waals surface area contributed by atoms with Gasteiger partial charge in [-0.2, -0.15) is 5.10 Å². The fourth-order valence-electron chi connectivity index (χ4n) is 2.35. The highest BCUT2D eigenvalue weighted by atomic mass is 15.3. The Balaban J connectivity index is 1.86. The summed E-state index contributed by atoms with van der Waals surface area (Å²) < 4.78 is 1.90. The van der Waals surface area contributed by atoms with Gasteiger partial charge in [-0.3, -0.25) is 4.68 Å². The van der Waals surface area contributed by atoms with E-state index in [9.17, 15) is 0 Å². The maximum absolute atomic E-state index is 4.46. The molecule has 0 spiro atoms. The van der Waals surface area contributed by atoms with Crippen LogP contribution in [0.2, 0.25) is 0 Å². The van der Waals surface area contributed by atoms with E-state index in [-0.39, 0.29) is 0 Å². The summed E-state index contributed by atoms with van der Waals surface area (Å²) in [6.45, 7) is 6.29. The van der Waals surface area contributed by atoms with Crippen LogP contribution in [-0.4, -0.2) is 16.3 Å². The van der Waals surface area contributed by atoms with Crippen molar-refractivity contribution in [3.8, 4) is 0 Å². The maximum Gasteiger partial charge on any atom is 0.0666 e. The minimum atomic E-state index is 0.531. The van der Waals surface area contributed by atoms with Crippen molar-refractivity contribution >= 4 is 0 Å². The van der Waals surface area contributed by atoms with Crippen LogP contribution in [0.1, 0.15) is 36.6 Å². The lowest BCUT2D eigenvalue weighted by molar-refractivity contribution is 0.613. The molecule has 2 aromatic rings. The van der Waals surface area contributed by atoms with Crippen LogP contribution in [0.4, 0.5) is 0 Å². The molecule has 0 radical (unpaired) electrons. The van der Waals surface area contributed by atoms with Crippen molar-refractivity contribution in [2.24, 2.45) is 7.05 Å². The minimum absolute atomic E-state index is 0.531. The van der Waals surface area contributed by atoms with E-state index >= 15 is 0 Å². The number of aryl methyl sites for hydroxylation is 2. The van der Waals surface area contributed by atoms with E-state index in [1.54, 1.807) is 0 Å². The average molecular weight is 257 g/mol. The summed E-state index contributed by atoms with van der Waals surface area (Å²) in [7, 11) is 1.98. The summed E-state index contributed by atoms with van der Waals surface area (Å²) in [5, 5.41) is 8.00. The van der Waals surface area contributed by atoms with Gasteiger partial charge in [-0.25, -0.2) is 0 Å². The summed E-state index contributed by atoms with van der Waals surface area (Å²) in [4.78, 5) is 0. The third-order valence-electron chi connectivity index (χ3n) is 3.46. The predicted octanol–water partition coefficient (Wildman–Crippen LogP) is 2.88. The molecule has 1 heterocycles. The van der Waals surface area contributed by atoms with Crippen LogP contribution in [0, 0.1) is 0 Å². The SMILES string of the molecule is CCc1nn(C)cc1CNCC(C)c1ccccc1. The van der Waals surface area contributed by atoms with Gasteiger partial charge in [0.15, 0.2) is 0 Å². The zero-order valence-electron chi connectivity index (χ0n) is 12.1. The van der Waals surface area contributed by atoms with Gasteiger partial charge in [0.2, 0.25) is 0 Å². The van der Waals surface area contributed by atoms with Crippen LogP contribution in [0.5, 0.6) is 0 Å². The normalized spacial score (nSPS) is 12.6. The van der Waals surface area contributed by atoms with Crippen molar-refractivity contribution in [3.63, 3.8) is 0 Å². The Labute approximate surface area is 115 Å². The van der Waals surface area contributed by atoms with Crippen LogP contribution in [0.15, 0.2) is 36.5 Å². The van der Waals surface area contributed by atoms with Gasteiger partial charge >= 0.3 is 0 Å². The molecule has 1 atom stereocenters. The molecule has 19 heavy (non-hydrogen) atoms. The van der Waals surface area contributed by atoms with Crippen LogP contribution in [0.25, 0.3) is 0 Å². The first-order valence-corrected chi connectivity index (χ1v) is 6.97. The van der Waals surface area contributed by atoms with Crippen LogP contribution in [-0.2, 0) is 20.0 Å². The fourth-order valence-corrected chi connectivity index (χ4v) is 2.35. The standard InChI is InChI=1S/C16H23N3/c1-4-16-15(12-19(3)18-16)11-17-10-13(2)14-8-6-5-7-9-14/h5-9,12-13,17H,4,10-11H2,1-3H3. The van der Waals surface area contributed by atoms with Crippen LogP contribution >= 0.6 is 0 Å². The second kappa shape index (κ2) is 6.53. The lowest BCUT2D eigenvalue weighted by Gasteiger charge is -2.12. The lowest BCUT2D eigenvalue weighted by Crippen LogP contribution is -2.20. The third-order valence-corrected chi connectivity index (χ3v) is 3.46. The topological polar surface area (TPSA) is 29.9 Å². The quantitative estimate of drug-likeness (QED) is 0.862. The van der Waals surface area contributed by atoms with Gasteiger partial charge < -0.3 is 5.32 Å². The Morgan fingerprint density at radius 1 is 1.26 bits per heavy atom. The molecule has 102 valence electrons. The number of aromatic nitrogens is 2. The zero-order valence-corrected chi connectivity index (χ0v) is 12.1. The first-order chi connectivity index (χ1) is 9.20. The summed E-state index contributed by atoms with van der Waals surface area (Å²) in [6, 6.07) is 10.6. The van der Waals surface area contributed by atoms with Gasteiger partial charge in [0, 0.05) is 31.9 Å². The van der Waals surface area contributed by atoms with Crippen molar-refractivity contribution in [3.05, 3.63) is 53.3 Å². The molecule has 0 aliphatic carbocycles. The van der Waals surface area contributed by atoms with Crippen molar-refractivity contribution in [1.29, 1.82) is 0 Å². The third kappa shape index (κ3) is 3.67. The summed E-state index contributed by atoms with van der Waals surface area (Å²) in [5.74, 6) is 0.531. The average Bonchev–Trinajstić information content (AvgIpc) is 2.80. The van der Waals surface area contributed by atoms with Crippen molar-refractivity contribution in [2.75, 3.05) is 6.54 Å². The molecule has 0 fully saturated rings. The van der Waals surface area contributed by atoms with Gasteiger partial charge in [-0.1, -0.05) is 44.2 Å². The van der Waals surface area contributed by atoms with E-state index in [4.69, 9.17) is 0 Å². The minimum Gasteiger partial charge on any atom is -0.312 e. The first kappa shape index (κ1) is 13.8. The molecule has 1 unspecified atom stereocenters. The summed E-state index contributed by atoms with van der Waals surface area (Å²) >= 11 is 0. The highest BCUT2D eigenvalue weighted by molar-refractivity contribution is 5.20. The molecule has 1 N–H and O–H groups in total. The highest BCUT2D eigenvalue weighted by Gasteiger charge is 2.07. The van der Waals surface area contributed by atoms with Crippen LogP contribution < -0.4 is 5.32 Å². The van der Waals surface area contributed by atoms with Gasteiger partial charge in [-0.05, 0) is 17.9 Å². The number of hydrogen-bond acceptors (Lipinski definition) is 2. The second-order valence-electron chi connectivity index (χ2n) is 5.07. The summed E-state index contributed by atoms with van der Waals surface area (Å²) in [5.41, 5.74) is 3.89. The van der Waals surface area contributed by atoms with Crippen LogP contribution in [0.3, 0.4) is 0 Å². The number of benzene rings is 1. The monoisotopic (exact) mass is 257 g/mol. The second-order valence-corrected chi connectivity index (χ2v) is 5.07. The Hall–Kier alpha value is -1.61. The number of rotatable bonds is 6. The first-order valence-electron chi connectivity index (χ1n) is 6.97. The fraction of sp³-hybridized carbons (Fsp3) is 0.438. The molecule has 1 aromatic heterocycles. The zero-order chi connectivity index (χ0) is 13.7. The van der Waals surface area contributed by atoms with E-state index < -0.39 is 0 Å². The number of hydrogen-bond donors (Lipinski definition) is 1. The maximum atomic E-state index is 4.46. The van der Waals surface area contributed by atoms with E-state index in [2.05, 4.69) is 60.8 Å². The molecule has 0 bridgehead atoms. The smallest absolute Gasteiger partial charge is 0.0666 e. The molecule has 0 amide bonds. The molecule has 0 aliphatic heterocycles. The molecule has 2 rings (SSSR count). The number of nitrogens with one attached hydrogen (secondary N) is 1. The molecule has 1 aromatic carbocycles. The van der Waals surface area contributed by atoms with E-state index in [1.165, 1.54) is 16.8 Å². The Morgan fingerprint density at radius 3 is 2.68 bits per heavy atom. The molecular formula is C16H23N3. The molecule has 0 saturated carbocycles. The van der Waals surface area contributed by atoms with Crippen molar-refractivity contribution < 1.29 is 0 Å². The van der Waals surface area contributed by atoms with E-state index in [0.717, 1.165) is 19.5 Å². The lowest BCUT2D eigenvalue weighted by atomic mass is 10.0. The predicted molar refractivity (Wildman–Crippen MR) is 79.1 cm³/mol. The van der Waals surface area contributed by atoms with Gasteiger partial charge in [-0.15, -0.1) is 0 Å². The molecular weight excluding hydrogens is 234 g/mol. The molecule has 0 aliphatic rings. The van der Waals surface area contributed by atoms with E-state index in [0.29, 0.717) is 5.92 Å². The Bertz CT molecular complexity index is 502. The highest BCUT2D eigenvalue weighted by Crippen LogP contribution is 2.13. The van der Waals surface area contributed by atoms with Gasteiger partial charge in [0.05, 0.1) is 5.69 Å². The molecule has 3 nitrogen and oxygen atoms in total. The Kier molecular flexibility index (Phi) is 4.74. The molecule has 0 saturated heterocycles. The van der Waals surface area contributed by atoms with E-state index in [1.807, 2.05) is 11.7 Å². The van der Waals surface area contributed by atoms with Gasteiger partial charge in [0.25, 0.3) is 0 Å². The summed E-state index contributed by atoms with van der Waals surface area (Å²) in [6.07, 6.45) is 3.10. The van der Waals surface area contributed by atoms with Crippen molar-refractivity contribution in [1.82, 2.24) is 15.1 Å². The Morgan fingerprint density at radius 2 is 2.00 bits per heavy atom. The van der Waals surface area contributed by atoms with Gasteiger partial charge in [0.1, 0.15) is 0 Å². The molecule has 3 heteroatoms.